The lowest BCUT2D eigenvalue weighted by Crippen LogP contribution is -2.76. The molecule has 2 amide bonds. The molecule has 0 aromatic heterocycles. The van der Waals surface area contributed by atoms with Crippen LogP contribution in [0.25, 0.3) is 0 Å². The highest BCUT2D eigenvalue weighted by Crippen LogP contribution is 2.39. The summed E-state index contributed by atoms with van der Waals surface area (Å²) in [4.78, 5) is 27.4. The van der Waals surface area contributed by atoms with Crippen LogP contribution in [0.4, 0.5) is 0 Å². The number of hydrogen-bond acceptors (Lipinski definition) is 3. The number of carbonyl (C=O) groups excluding carboxylic acids is 2. The predicted molar refractivity (Wildman–Crippen MR) is 76.2 cm³/mol. The Balaban J connectivity index is 2.40. The van der Waals surface area contributed by atoms with Gasteiger partial charge >= 0.3 is 0 Å². The van der Waals surface area contributed by atoms with E-state index in [4.69, 9.17) is 4.74 Å². The lowest BCUT2D eigenvalue weighted by molar-refractivity contribution is -0.169. The Morgan fingerprint density at radius 2 is 1.85 bits per heavy atom. The first-order valence-electron chi connectivity index (χ1n) is 7.50. The van der Waals surface area contributed by atoms with Crippen LogP contribution in [0.3, 0.4) is 0 Å². The van der Waals surface area contributed by atoms with Crippen molar-refractivity contribution in [1.29, 1.82) is 0 Å². The first-order chi connectivity index (χ1) is 9.35. The maximum absolute atomic E-state index is 12.8. The number of rotatable bonds is 3. The number of nitrogens with zero attached hydrogens (tertiary/aromatic N) is 1. The van der Waals surface area contributed by atoms with Crippen LogP contribution in [0.15, 0.2) is 0 Å². The average molecular weight is 282 g/mol. The number of ether oxygens (including phenoxy) is 1. The highest BCUT2D eigenvalue weighted by molar-refractivity contribution is 6.02. The third-order valence-electron chi connectivity index (χ3n) is 4.59. The van der Waals surface area contributed by atoms with E-state index >= 15 is 0 Å². The summed E-state index contributed by atoms with van der Waals surface area (Å²) in [5.41, 5.74) is -1.50. The van der Waals surface area contributed by atoms with Gasteiger partial charge in [0.25, 0.3) is 0 Å². The molecule has 1 atom stereocenters. The van der Waals surface area contributed by atoms with Gasteiger partial charge in [-0.25, -0.2) is 0 Å². The van der Waals surface area contributed by atoms with Crippen LogP contribution in [0.2, 0.25) is 0 Å². The van der Waals surface area contributed by atoms with Crippen LogP contribution < -0.4 is 5.32 Å². The third kappa shape index (κ3) is 2.32. The third-order valence-corrected chi connectivity index (χ3v) is 4.59. The zero-order chi connectivity index (χ0) is 15.0. The second-order valence-corrected chi connectivity index (χ2v) is 6.65. The van der Waals surface area contributed by atoms with Gasteiger partial charge in [-0.05, 0) is 33.6 Å². The van der Waals surface area contributed by atoms with Gasteiger partial charge in [0.2, 0.25) is 11.8 Å². The molecule has 1 saturated carbocycles. The standard InChI is InChI=1S/C15H26N2O3/c1-11(10-20-4)17-13(19)14(2,3)16-12(18)15(17)8-6-5-7-9-15/h11H,5-10H2,1-4H3,(H,16,18). The Bertz CT molecular complexity index is 400. The van der Waals surface area contributed by atoms with E-state index in [-0.39, 0.29) is 17.9 Å². The number of amides is 2. The van der Waals surface area contributed by atoms with Crippen LogP contribution in [0.5, 0.6) is 0 Å². The van der Waals surface area contributed by atoms with Gasteiger partial charge in [-0.3, -0.25) is 9.59 Å². The highest BCUT2D eigenvalue weighted by atomic mass is 16.5. The summed E-state index contributed by atoms with van der Waals surface area (Å²) in [7, 11) is 1.63. The maximum Gasteiger partial charge on any atom is 0.248 e. The summed E-state index contributed by atoms with van der Waals surface area (Å²) in [6, 6.07) is -0.0871. The van der Waals surface area contributed by atoms with Gasteiger partial charge in [-0.1, -0.05) is 19.3 Å². The van der Waals surface area contributed by atoms with Crippen molar-refractivity contribution in [2.45, 2.75) is 70.0 Å². The SMILES string of the molecule is COCC(C)N1C(=O)C(C)(C)NC(=O)C12CCCCC2. The molecule has 2 aliphatic rings. The molecule has 0 radical (unpaired) electrons. The summed E-state index contributed by atoms with van der Waals surface area (Å²) in [5.74, 6) is 0.00769. The van der Waals surface area contributed by atoms with Gasteiger partial charge in [0.05, 0.1) is 12.6 Å². The summed E-state index contributed by atoms with van der Waals surface area (Å²) in [5, 5.41) is 2.92. The normalized spacial score (nSPS) is 26.5. The Morgan fingerprint density at radius 3 is 2.40 bits per heavy atom. The monoisotopic (exact) mass is 282 g/mol. The molecule has 2 rings (SSSR count). The van der Waals surface area contributed by atoms with Crippen LogP contribution in [-0.2, 0) is 14.3 Å². The van der Waals surface area contributed by atoms with E-state index in [1.54, 1.807) is 21.0 Å². The fourth-order valence-corrected chi connectivity index (χ4v) is 3.60. The van der Waals surface area contributed by atoms with Gasteiger partial charge in [0, 0.05) is 7.11 Å². The van der Waals surface area contributed by atoms with E-state index < -0.39 is 11.1 Å². The Labute approximate surface area is 121 Å². The molecule has 114 valence electrons. The minimum absolute atomic E-state index is 0.00329. The van der Waals surface area contributed by atoms with Gasteiger partial charge < -0.3 is 15.0 Å². The fraction of sp³-hybridized carbons (Fsp3) is 0.867. The quantitative estimate of drug-likeness (QED) is 0.852. The van der Waals surface area contributed by atoms with Crippen LogP contribution >= 0.6 is 0 Å². The average Bonchev–Trinajstić information content (AvgIpc) is 2.38. The van der Waals surface area contributed by atoms with Crippen molar-refractivity contribution >= 4 is 11.8 Å². The summed E-state index contributed by atoms with van der Waals surface area (Å²) < 4.78 is 5.22. The Hall–Kier alpha value is -1.10. The van der Waals surface area contributed by atoms with E-state index in [2.05, 4.69) is 5.32 Å². The van der Waals surface area contributed by atoms with Crippen molar-refractivity contribution in [2.24, 2.45) is 0 Å². The van der Waals surface area contributed by atoms with Crippen molar-refractivity contribution < 1.29 is 14.3 Å². The van der Waals surface area contributed by atoms with E-state index in [1.807, 2.05) is 11.8 Å². The molecule has 1 saturated heterocycles. The van der Waals surface area contributed by atoms with Gasteiger partial charge in [-0.15, -0.1) is 0 Å². The molecule has 5 nitrogen and oxygen atoms in total. The van der Waals surface area contributed by atoms with Crippen molar-refractivity contribution in [2.75, 3.05) is 13.7 Å². The molecule has 1 aliphatic carbocycles. The maximum atomic E-state index is 12.8. The largest absolute Gasteiger partial charge is 0.383 e. The number of hydrogen-bond donors (Lipinski definition) is 1. The van der Waals surface area contributed by atoms with Gasteiger partial charge in [-0.2, -0.15) is 0 Å². The van der Waals surface area contributed by atoms with E-state index in [0.29, 0.717) is 6.61 Å². The minimum Gasteiger partial charge on any atom is -0.383 e. The first-order valence-corrected chi connectivity index (χ1v) is 7.50. The Kier molecular flexibility index (Phi) is 4.09. The van der Waals surface area contributed by atoms with Crippen LogP contribution in [-0.4, -0.2) is 47.6 Å². The fourth-order valence-electron chi connectivity index (χ4n) is 3.60. The van der Waals surface area contributed by atoms with Crippen molar-refractivity contribution in [3.8, 4) is 0 Å². The number of piperazine rings is 1. The van der Waals surface area contributed by atoms with Crippen molar-refractivity contribution in [3.63, 3.8) is 0 Å². The zero-order valence-electron chi connectivity index (χ0n) is 13.0. The van der Waals surface area contributed by atoms with Crippen LogP contribution in [0.1, 0.15) is 52.9 Å². The van der Waals surface area contributed by atoms with E-state index in [0.717, 1.165) is 32.1 Å². The first kappa shape index (κ1) is 15.3. The molecule has 2 fully saturated rings. The van der Waals surface area contributed by atoms with Crippen molar-refractivity contribution in [1.82, 2.24) is 10.2 Å². The zero-order valence-corrected chi connectivity index (χ0v) is 13.0. The molecule has 0 aromatic carbocycles. The van der Waals surface area contributed by atoms with Gasteiger partial charge in [0.1, 0.15) is 11.1 Å². The molecule has 20 heavy (non-hydrogen) atoms. The second kappa shape index (κ2) is 5.35. The number of methoxy groups -OCH3 is 1. The molecule has 1 N–H and O–H groups in total. The topological polar surface area (TPSA) is 58.6 Å². The molecule has 0 aromatic rings. The molecule has 1 spiro atoms. The summed E-state index contributed by atoms with van der Waals surface area (Å²) in [6.07, 6.45) is 4.65. The lowest BCUT2D eigenvalue weighted by atomic mass is 9.75. The smallest absolute Gasteiger partial charge is 0.248 e. The van der Waals surface area contributed by atoms with E-state index in [9.17, 15) is 9.59 Å². The summed E-state index contributed by atoms with van der Waals surface area (Å²) in [6.45, 7) is 5.97. The predicted octanol–water partition coefficient (Wildman–Crippen LogP) is 1.46. The number of carbonyl (C=O) groups is 2. The minimum atomic E-state index is -0.832. The molecule has 1 aliphatic heterocycles. The molecular weight excluding hydrogens is 256 g/mol. The number of nitrogens with one attached hydrogen (secondary N) is 1. The molecular formula is C15H26N2O3. The highest BCUT2D eigenvalue weighted by Gasteiger charge is 2.56. The molecule has 5 heteroatoms. The van der Waals surface area contributed by atoms with E-state index in [1.165, 1.54) is 0 Å². The Morgan fingerprint density at radius 1 is 1.25 bits per heavy atom. The van der Waals surface area contributed by atoms with Crippen molar-refractivity contribution in [3.05, 3.63) is 0 Å². The molecule has 0 bridgehead atoms. The lowest BCUT2D eigenvalue weighted by Gasteiger charge is -2.54. The summed E-state index contributed by atoms with van der Waals surface area (Å²) >= 11 is 0. The van der Waals surface area contributed by atoms with Gasteiger partial charge in [0.15, 0.2) is 0 Å². The van der Waals surface area contributed by atoms with Crippen LogP contribution in [0, 0.1) is 0 Å². The molecule has 1 heterocycles. The molecule has 1 unspecified atom stereocenters. The second-order valence-electron chi connectivity index (χ2n) is 6.65.